The zero-order valence-electron chi connectivity index (χ0n) is 12.9. The van der Waals surface area contributed by atoms with Crippen molar-refractivity contribution in [2.45, 2.75) is 51.9 Å². The van der Waals surface area contributed by atoms with Crippen molar-refractivity contribution in [2.75, 3.05) is 30.4 Å². The molecule has 0 amide bonds. The first-order chi connectivity index (χ1) is 9.69. The molecule has 1 N–H and O–H groups in total. The van der Waals surface area contributed by atoms with Crippen molar-refractivity contribution in [3.8, 4) is 0 Å². The van der Waals surface area contributed by atoms with Crippen LogP contribution in [0.2, 0.25) is 0 Å². The van der Waals surface area contributed by atoms with Crippen LogP contribution in [0.1, 0.15) is 56.3 Å². The fraction of sp³-hybridized carbons (Fsp3) is 0.750. The first-order valence-corrected chi connectivity index (χ1v) is 8.02. The summed E-state index contributed by atoms with van der Waals surface area (Å²) < 4.78 is 0. The van der Waals surface area contributed by atoms with Gasteiger partial charge in [0.05, 0.1) is 0 Å². The third-order valence-electron chi connectivity index (χ3n) is 4.54. The first-order valence-electron chi connectivity index (χ1n) is 8.02. The topological polar surface area (TPSA) is 41.1 Å². The molecule has 4 nitrogen and oxygen atoms in total. The molecule has 0 radical (unpaired) electrons. The lowest BCUT2D eigenvalue weighted by molar-refractivity contribution is 0.321. The molecule has 0 saturated heterocycles. The Labute approximate surface area is 122 Å². The number of hydrogen-bond donors (Lipinski definition) is 1. The molecule has 0 spiro atoms. The number of aromatic nitrogens is 2. The molecule has 1 aromatic rings. The summed E-state index contributed by atoms with van der Waals surface area (Å²) in [5.74, 6) is 4.66. The van der Waals surface area contributed by atoms with Crippen LogP contribution in [0.3, 0.4) is 0 Å². The second kappa shape index (κ2) is 5.58. The van der Waals surface area contributed by atoms with Crippen LogP contribution in [0.5, 0.6) is 0 Å². The smallest absolute Gasteiger partial charge is 0.137 e. The van der Waals surface area contributed by atoms with E-state index in [0.29, 0.717) is 5.92 Å². The number of rotatable bonds is 6. The molecule has 20 heavy (non-hydrogen) atoms. The van der Waals surface area contributed by atoms with Crippen LogP contribution in [0.25, 0.3) is 0 Å². The predicted molar refractivity (Wildman–Crippen MR) is 83.5 cm³/mol. The maximum absolute atomic E-state index is 4.86. The highest BCUT2D eigenvalue weighted by atomic mass is 15.2. The van der Waals surface area contributed by atoms with Crippen LogP contribution in [0.4, 0.5) is 11.6 Å². The maximum atomic E-state index is 4.86. The fourth-order valence-electron chi connectivity index (χ4n) is 2.91. The van der Waals surface area contributed by atoms with Crippen LogP contribution in [0.15, 0.2) is 0 Å². The van der Waals surface area contributed by atoms with Gasteiger partial charge in [0, 0.05) is 31.6 Å². The molecule has 0 aromatic carbocycles. The maximum Gasteiger partial charge on any atom is 0.137 e. The largest absolute Gasteiger partial charge is 0.370 e. The van der Waals surface area contributed by atoms with Gasteiger partial charge in [-0.1, -0.05) is 6.42 Å². The Balaban J connectivity index is 1.85. The van der Waals surface area contributed by atoms with E-state index < -0.39 is 0 Å². The number of hydrogen-bond acceptors (Lipinski definition) is 4. The van der Waals surface area contributed by atoms with E-state index in [1.165, 1.54) is 37.7 Å². The van der Waals surface area contributed by atoms with E-state index in [1.807, 2.05) is 0 Å². The van der Waals surface area contributed by atoms with Crippen molar-refractivity contribution in [2.24, 2.45) is 5.92 Å². The van der Waals surface area contributed by atoms with E-state index in [0.717, 1.165) is 36.5 Å². The minimum Gasteiger partial charge on any atom is -0.370 e. The van der Waals surface area contributed by atoms with Gasteiger partial charge in [0.1, 0.15) is 17.5 Å². The molecular formula is C16H26N4. The summed E-state index contributed by atoms with van der Waals surface area (Å²) in [7, 11) is 2.18. The highest BCUT2D eigenvalue weighted by Crippen LogP contribution is 2.40. The number of anilines is 2. The van der Waals surface area contributed by atoms with Gasteiger partial charge in [0.15, 0.2) is 0 Å². The van der Waals surface area contributed by atoms with E-state index in [4.69, 9.17) is 9.97 Å². The minimum absolute atomic E-state index is 0.601. The summed E-state index contributed by atoms with van der Waals surface area (Å²) in [6, 6.07) is 0. The van der Waals surface area contributed by atoms with E-state index >= 15 is 0 Å². The predicted octanol–water partition coefficient (Wildman–Crippen LogP) is 3.33. The van der Waals surface area contributed by atoms with Crippen LogP contribution >= 0.6 is 0 Å². The Hall–Kier alpha value is -1.32. The average molecular weight is 274 g/mol. The molecular weight excluding hydrogens is 248 g/mol. The molecule has 4 heteroatoms. The van der Waals surface area contributed by atoms with Gasteiger partial charge in [-0.25, -0.2) is 9.97 Å². The van der Waals surface area contributed by atoms with Crippen molar-refractivity contribution < 1.29 is 0 Å². The molecule has 2 saturated carbocycles. The molecule has 0 unspecified atom stereocenters. The third-order valence-corrected chi connectivity index (χ3v) is 4.54. The van der Waals surface area contributed by atoms with Gasteiger partial charge in [-0.05, 0) is 45.4 Å². The van der Waals surface area contributed by atoms with Gasteiger partial charge in [0.25, 0.3) is 0 Å². The van der Waals surface area contributed by atoms with E-state index in [2.05, 4.69) is 31.1 Å². The van der Waals surface area contributed by atoms with E-state index in [1.54, 1.807) is 0 Å². The summed E-state index contributed by atoms with van der Waals surface area (Å²) in [6.07, 6.45) is 6.66. The Morgan fingerprint density at radius 3 is 2.50 bits per heavy atom. The molecule has 2 fully saturated rings. The van der Waals surface area contributed by atoms with Crippen LogP contribution < -0.4 is 10.2 Å². The molecule has 0 aliphatic heterocycles. The first kappa shape index (κ1) is 13.7. The Morgan fingerprint density at radius 2 is 1.95 bits per heavy atom. The lowest BCUT2D eigenvalue weighted by Crippen LogP contribution is -2.31. The monoisotopic (exact) mass is 274 g/mol. The van der Waals surface area contributed by atoms with E-state index in [-0.39, 0.29) is 0 Å². The van der Waals surface area contributed by atoms with E-state index in [9.17, 15) is 0 Å². The number of nitrogens with zero attached hydrogens (tertiary/aromatic N) is 3. The zero-order valence-corrected chi connectivity index (χ0v) is 12.9. The van der Waals surface area contributed by atoms with Gasteiger partial charge in [-0.2, -0.15) is 0 Å². The molecule has 0 bridgehead atoms. The van der Waals surface area contributed by atoms with Crippen molar-refractivity contribution in [3.63, 3.8) is 0 Å². The Morgan fingerprint density at radius 1 is 1.20 bits per heavy atom. The van der Waals surface area contributed by atoms with Crippen molar-refractivity contribution >= 4 is 11.6 Å². The standard InChI is InChI=1S/C16H26N4/c1-4-17-14-11(2)16(19-15(18-14)13-8-9-13)20(3)10-12-6-5-7-12/h12-13H,4-10H2,1-3H3,(H,17,18,19). The normalized spacial score (nSPS) is 18.8. The summed E-state index contributed by atoms with van der Waals surface area (Å²) >= 11 is 0. The Kier molecular flexibility index (Phi) is 3.81. The molecule has 2 aliphatic rings. The summed E-state index contributed by atoms with van der Waals surface area (Å²) in [5, 5.41) is 3.40. The Bertz CT molecular complexity index is 478. The molecule has 1 aromatic heterocycles. The van der Waals surface area contributed by atoms with Gasteiger partial charge >= 0.3 is 0 Å². The van der Waals surface area contributed by atoms with Gasteiger partial charge in [-0.3, -0.25) is 0 Å². The average Bonchev–Trinajstić information content (AvgIpc) is 3.20. The molecule has 3 rings (SSSR count). The lowest BCUT2D eigenvalue weighted by Gasteiger charge is -2.31. The quantitative estimate of drug-likeness (QED) is 0.864. The molecule has 2 aliphatic carbocycles. The van der Waals surface area contributed by atoms with Crippen LogP contribution in [-0.2, 0) is 0 Å². The fourth-order valence-corrected chi connectivity index (χ4v) is 2.91. The minimum atomic E-state index is 0.601. The highest BCUT2D eigenvalue weighted by Gasteiger charge is 2.29. The number of nitrogens with one attached hydrogen (secondary N) is 1. The summed E-state index contributed by atoms with van der Waals surface area (Å²) in [6.45, 7) is 6.30. The van der Waals surface area contributed by atoms with Crippen LogP contribution in [-0.4, -0.2) is 30.1 Å². The summed E-state index contributed by atoms with van der Waals surface area (Å²) in [4.78, 5) is 11.9. The molecule has 1 heterocycles. The zero-order chi connectivity index (χ0) is 14.1. The van der Waals surface area contributed by atoms with Crippen molar-refractivity contribution in [3.05, 3.63) is 11.4 Å². The molecule has 0 atom stereocenters. The van der Waals surface area contributed by atoms with Crippen molar-refractivity contribution in [1.29, 1.82) is 0 Å². The van der Waals surface area contributed by atoms with Crippen LogP contribution in [0, 0.1) is 12.8 Å². The van der Waals surface area contributed by atoms with Gasteiger partial charge in [-0.15, -0.1) is 0 Å². The molecule has 110 valence electrons. The van der Waals surface area contributed by atoms with Crippen molar-refractivity contribution in [1.82, 2.24) is 9.97 Å². The van der Waals surface area contributed by atoms with Gasteiger partial charge in [0.2, 0.25) is 0 Å². The SMILES string of the molecule is CCNc1nc(C2CC2)nc(N(C)CC2CCC2)c1C. The lowest BCUT2D eigenvalue weighted by atomic mass is 9.85. The van der Waals surface area contributed by atoms with Gasteiger partial charge < -0.3 is 10.2 Å². The second-order valence-corrected chi connectivity index (χ2v) is 6.36. The third kappa shape index (κ3) is 2.74. The highest BCUT2D eigenvalue weighted by molar-refractivity contribution is 5.58. The summed E-state index contributed by atoms with van der Waals surface area (Å²) in [5.41, 5.74) is 1.19. The second-order valence-electron chi connectivity index (χ2n) is 6.36.